The van der Waals surface area contributed by atoms with Crippen LogP contribution in [0.2, 0.25) is 0 Å². The minimum Gasteiger partial charge on any atom is -1.00 e. The number of fused-ring (bicyclic) bond motifs is 1. The number of H-pyrrole nitrogens is 1. The summed E-state index contributed by atoms with van der Waals surface area (Å²) in [5, 5.41) is 0. The maximum Gasteiger partial charge on any atom is 1.00 e. The topological polar surface area (TPSA) is 67.0 Å². The number of aromatic amines is 1. The maximum atomic E-state index is 12.9. The van der Waals surface area contributed by atoms with E-state index in [-0.39, 0.29) is 47.2 Å². The van der Waals surface area contributed by atoms with Gasteiger partial charge in [-0.05, 0) is 51.2 Å². The maximum absolute atomic E-state index is 12.9. The first kappa shape index (κ1) is 23.3. The molecule has 1 aromatic heterocycles. The zero-order valence-electron chi connectivity index (χ0n) is 18.7. The normalized spacial score (nSPS) is 21.5. The van der Waals surface area contributed by atoms with Gasteiger partial charge in [0.1, 0.15) is 15.2 Å². The minimum atomic E-state index is -1.10. The fourth-order valence-electron chi connectivity index (χ4n) is 4.41. The van der Waals surface area contributed by atoms with Crippen LogP contribution in [0.4, 0.5) is 5.82 Å². The summed E-state index contributed by atoms with van der Waals surface area (Å²) in [5.74, 6) is 0.946. The largest absolute Gasteiger partial charge is 1.00 e. The first-order valence-corrected chi connectivity index (χ1v) is 11.4. The van der Waals surface area contributed by atoms with Crippen molar-refractivity contribution < 1.29 is 35.5 Å². The monoisotopic (exact) mass is 440 g/mol. The van der Waals surface area contributed by atoms with Crippen LogP contribution in [0, 0.1) is 10.1 Å². The molecule has 2 aliphatic rings. The second-order valence-corrected chi connectivity index (χ2v) is 11.4. The average molecular weight is 441 g/mol. The first-order chi connectivity index (χ1) is 13.3. The van der Waals surface area contributed by atoms with Crippen LogP contribution in [0.1, 0.15) is 52.2 Å². The van der Waals surface area contributed by atoms with Gasteiger partial charge in [-0.3, -0.25) is 0 Å². The van der Waals surface area contributed by atoms with E-state index in [1.807, 2.05) is 27.0 Å². The van der Waals surface area contributed by atoms with E-state index in [9.17, 15) is 4.55 Å². The summed E-state index contributed by atoms with van der Waals surface area (Å²) in [4.78, 5) is 9.88. The molecular formula is C21H29N4NaOS2. The molecule has 1 spiro atoms. The number of piperidine rings is 1. The van der Waals surface area contributed by atoms with E-state index < -0.39 is 11.4 Å². The zero-order valence-corrected chi connectivity index (χ0v) is 21.3. The summed E-state index contributed by atoms with van der Waals surface area (Å²) >= 11 is 4.01. The van der Waals surface area contributed by atoms with E-state index >= 15 is 0 Å². The zero-order chi connectivity index (χ0) is 19.9. The number of rotatable bonds is 3. The van der Waals surface area contributed by atoms with Gasteiger partial charge in [0.05, 0.1) is 12.2 Å². The molecule has 4 rings (SSSR count). The second-order valence-electron chi connectivity index (χ2n) is 8.93. The third kappa shape index (κ3) is 4.76. The predicted octanol–water partition coefficient (Wildman–Crippen LogP) is 1.19. The smallest absolute Gasteiger partial charge is 1.00 e. The molecule has 0 amide bonds. The molecule has 1 aromatic carbocycles. The van der Waals surface area contributed by atoms with Crippen LogP contribution in [0.5, 0.6) is 0 Å². The van der Waals surface area contributed by atoms with Gasteiger partial charge in [-0.15, -0.1) is 4.72 Å². The molecule has 5 nitrogen and oxygen atoms in total. The van der Waals surface area contributed by atoms with Gasteiger partial charge >= 0.3 is 29.6 Å². The van der Waals surface area contributed by atoms with Gasteiger partial charge < -0.3 is 15.9 Å². The quantitative estimate of drug-likeness (QED) is 0.426. The van der Waals surface area contributed by atoms with Gasteiger partial charge in [0.25, 0.3) is 0 Å². The Morgan fingerprint density at radius 1 is 1.31 bits per heavy atom. The number of nitrogens with one attached hydrogen (secondary N) is 2. The third-order valence-electron chi connectivity index (χ3n) is 6.04. The Morgan fingerprint density at radius 2 is 2.00 bits per heavy atom. The Balaban J connectivity index is 0.00000160. The molecule has 1 saturated heterocycles. The summed E-state index contributed by atoms with van der Waals surface area (Å²) in [7, 11) is 0. The van der Waals surface area contributed by atoms with Crippen molar-refractivity contribution in [2.45, 2.75) is 50.8 Å². The van der Waals surface area contributed by atoms with E-state index in [0.717, 1.165) is 38.2 Å². The van der Waals surface area contributed by atoms with Gasteiger partial charge in [-0.2, -0.15) is 0 Å². The predicted molar refractivity (Wildman–Crippen MR) is 118 cm³/mol. The first-order valence-electron chi connectivity index (χ1n) is 9.84. The number of aromatic nitrogens is 2. The van der Waals surface area contributed by atoms with Crippen molar-refractivity contribution in [2.75, 3.05) is 18.0 Å². The molecule has 0 saturated carbocycles. The van der Waals surface area contributed by atoms with Crippen LogP contribution in [-0.2, 0) is 17.8 Å². The van der Waals surface area contributed by atoms with Gasteiger partial charge in [-0.1, -0.05) is 36.5 Å². The molecule has 1 aliphatic carbocycles. The Labute approximate surface area is 205 Å². The second kappa shape index (κ2) is 8.99. The molecule has 2 aromatic rings. The molecule has 0 bridgehead atoms. The number of nitrogens with zero attached hydrogens (tertiary/aromatic N) is 2. The number of hydrogen-bond acceptors (Lipinski definition) is 5. The van der Waals surface area contributed by atoms with Crippen molar-refractivity contribution in [3.8, 4) is 0 Å². The van der Waals surface area contributed by atoms with Crippen molar-refractivity contribution in [1.82, 2.24) is 14.7 Å². The Kier molecular flexibility index (Phi) is 7.21. The molecule has 8 heteroatoms. The van der Waals surface area contributed by atoms with Crippen LogP contribution in [0.15, 0.2) is 36.7 Å². The fourth-order valence-corrected chi connectivity index (χ4v) is 5.47. The van der Waals surface area contributed by atoms with Crippen LogP contribution in [0.25, 0.3) is 0 Å². The number of anilines is 1. The van der Waals surface area contributed by atoms with Crippen molar-refractivity contribution in [1.29, 1.82) is 0 Å². The van der Waals surface area contributed by atoms with Gasteiger partial charge in [-0.25, -0.2) is 4.98 Å². The van der Waals surface area contributed by atoms with E-state index in [4.69, 9.17) is 12.2 Å². The average Bonchev–Trinajstić information content (AvgIpc) is 2.95. The van der Waals surface area contributed by atoms with Crippen molar-refractivity contribution in [3.63, 3.8) is 0 Å². The van der Waals surface area contributed by atoms with Gasteiger partial charge in [0.15, 0.2) is 0 Å². The van der Waals surface area contributed by atoms with E-state index in [1.165, 1.54) is 11.1 Å². The summed E-state index contributed by atoms with van der Waals surface area (Å²) in [6.45, 7) is 7.95. The van der Waals surface area contributed by atoms with Crippen LogP contribution >= 0.6 is 12.2 Å². The van der Waals surface area contributed by atoms with E-state index in [0.29, 0.717) is 4.64 Å². The molecular weight excluding hydrogens is 411 g/mol. The summed E-state index contributed by atoms with van der Waals surface area (Å²) in [5.41, 5.74) is 2.81. The van der Waals surface area contributed by atoms with Gasteiger partial charge in [0, 0.05) is 36.1 Å². The van der Waals surface area contributed by atoms with E-state index in [1.54, 1.807) is 6.20 Å². The SMILES string of the molecule is CC(C)(C)[S+]([O-])N[C@@H]1c2ccccc2CC12CCN(c1c[nH]c(=S)cn1)CC2.[H-].[Na+]. The Hall–Kier alpha value is -0.410. The van der Waals surface area contributed by atoms with E-state index in [2.05, 4.69) is 43.9 Å². The molecule has 1 unspecified atom stereocenters. The fraction of sp³-hybridized carbons (Fsp3) is 0.524. The molecule has 2 N–H and O–H groups in total. The van der Waals surface area contributed by atoms with Crippen LogP contribution in [0.3, 0.4) is 0 Å². The summed E-state index contributed by atoms with van der Waals surface area (Å²) in [6.07, 6.45) is 6.72. The van der Waals surface area contributed by atoms with Gasteiger partial charge in [0.2, 0.25) is 0 Å². The molecule has 1 fully saturated rings. The molecule has 2 atom stereocenters. The van der Waals surface area contributed by atoms with Crippen LogP contribution < -0.4 is 39.2 Å². The molecule has 29 heavy (non-hydrogen) atoms. The minimum absolute atomic E-state index is 0. The molecule has 2 heterocycles. The molecule has 152 valence electrons. The van der Waals surface area contributed by atoms with Crippen molar-refractivity contribution >= 4 is 29.4 Å². The summed E-state index contributed by atoms with van der Waals surface area (Å²) < 4.78 is 16.8. The third-order valence-corrected chi connectivity index (χ3v) is 7.83. The van der Waals surface area contributed by atoms with Crippen molar-refractivity contribution in [2.24, 2.45) is 5.41 Å². The summed E-state index contributed by atoms with van der Waals surface area (Å²) in [6, 6.07) is 8.76. The number of hydrogen-bond donors (Lipinski definition) is 2. The van der Waals surface area contributed by atoms with Crippen molar-refractivity contribution in [3.05, 3.63) is 52.4 Å². The Bertz CT molecular complexity index is 892. The van der Waals surface area contributed by atoms with Crippen LogP contribution in [-0.4, -0.2) is 32.4 Å². The standard InChI is InChI=1S/C21H28N4OS2.Na.H/c1-20(2,3)28(26)24-19-16-7-5-4-6-15(16)12-21(19)8-10-25(11-9-21)17-13-23-18(27)14-22-17;;/h4-7,13-14,19,24H,8-12H2,1-3H3,(H,23,27);;/q;+1;-1/t19-,28?;;/m1../s1. The molecule has 1 aliphatic heterocycles. The molecule has 0 radical (unpaired) electrons. The number of benzene rings is 1. The Morgan fingerprint density at radius 3 is 2.62 bits per heavy atom.